The molecule has 0 saturated heterocycles. The maximum atomic E-state index is 11.5. The Kier molecular flexibility index (Phi) is 2.57. The Hall–Kier alpha value is -2.33. The summed E-state index contributed by atoms with van der Waals surface area (Å²) in [5.74, 6) is 4.96. The number of H-pyrrole nitrogens is 2. The van der Waals surface area contributed by atoms with Crippen LogP contribution in [0.25, 0.3) is 11.2 Å². The molecule has 0 radical (unpaired) electrons. The number of fused-ring (bicyclic) bond motifs is 1. The molecule has 7 nitrogen and oxygen atoms in total. The summed E-state index contributed by atoms with van der Waals surface area (Å²) in [4.78, 5) is 31.6. The molecular formula is C9H8N4O3. The summed E-state index contributed by atoms with van der Waals surface area (Å²) in [5.41, 5.74) is -0.486. The summed E-state index contributed by atoms with van der Waals surface area (Å²) in [6, 6.07) is 0. The lowest BCUT2D eigenvalue weighted by molar-refractivity contribution is 0.350. The first kappa shape index (κ1) is 10.2. The van der Waals surface area contributed by atoms with E-state index in [4.69, 9.17) is 5.11 Å². The van der Waals surface area contributed by atoms with Crippen LogP contribution in [0.2, 0.25) is 0 Å². The van der Waals surface area contributed by atoms with Crippen molar-refractivity contribution in [2.24, 2.45) is 0 Å². The van der Waals surface area contributed by atoms with E-state index in [0.29, 0.717) is 0 Å². The first-order chi connectivity index (χ1) is 7.74. The van der Waals surface area contributed by atoms with Crippen LogP contribution in [0.15, 0.2) is 15.9 Å². The summed E-state index contributed by atoms with van der Waals surface area (Å²) in [6.45, 7) is -0.250. The normalized spacial score (nSPS) is 10.1. The fourth-order valence-corrected chi connectivity index (χ4v) is 1.35. The number of imidazole rings is 1. The van der Waals surface area contributed by atoms with Crippen LogP contribution in [0.3, 0.4) is 0 Å². The number of aliphatic hydroxyl groups is 1. The van der Waals surface area contributed by atoms with Crippen LogP contribution in [0.5, 0.6) is 0 Å². The lowest BCUT2D eigenvalue weighted by Gasteiger charge is -1.94. The van der Waals surface area contributed by atoms with Gasteiger partial charge in [0.2, 0.25) is 0 Å². The molecule has 2 rings (SSSR count). The molecular weight excluding hydrogens is 212 g/mol. The minimum atomic E-state index is -0.452. The second-order valence-electron chi connectivity index (χ2n) is 2.96. The van der Waals surface area contributed by atoms with Gasteiger partial charge in [-0.25, -0.2) is 9.78 Å². The number of nitrogens with one attached hydrogen (secondary N) is 2. The Balaban J connectivity index is 2.64. The predicted molar refractivity (Wildman–Crippen MR) is 55.8 cm³/mol. The maximum absolute atomic E-state index is 11.5. The molecule has 0 aromatic carbocycles. The van der Waals surface area contributed by atoms with Crippen molar-refractivity contribution in [1.29, 1.82) is 0 Å². The highest BCUT2D eigenvalue weighted by Gasteiger charge is 2.09. The van der Waals surface area contributed by atoms with Crippen LogP contribution in [-0.2, 0) is 6.54 Å². The van der Waals surface area contributed by atoms with Gasteiger partial charge < -0.3 is 10.1 Å². The van der Waals surface area contributed by atoms with Crippen molar-refractivity contribution in [3.63, 3.8) is 0 Å². The first-order valence-electron chi connectivity index (χ1n) is 4.47. The third kappa shape index (κ3) is 1.62. The van der Waals surface area contributed by atoms with Gasteiger partial charge >= 0.3 is 5.69 Å². The number of hydrogen-bond donors (Lipinski definition) is 3. The summed E-state index contributed by atoms with van der Waals surface area (Å²) in [6.07, 6.45) is 1.21. The molecule has 2 heterocycles. The highest BCUT2D eigenvalue weighted by Crippen LogP contribution is 1.98. The summed E-state index contributed by atoms with van der Waals surface area (Å²) >= 11 is 0. The van der Waals surface area contributed by atoms with Crippen molar-refractivity contribution in [3.05, 3.63) is 27.2 Å². The van der Waals surface area contributed by atoms with Gasteiger partial charge in [0.1, 0.15) is 6.61 Å². The molecule has 0 saturated carbocycles. The van der Waals surface area contributed by atoms with E-state index in [1.54, 1.807) is 0 Å². The van der Waals surface area contributed by atoms with E-state index in [1.165, 1.54) is 10.9 Å². The number of hydrogen-bond acceptors (Lipinski definition) is 4. The van der Waals surface area contributed by atoms with E-state index in [1.807, 2.05) is 0 Å². The number of aromatic nitrogens is 4. The quantitative estimate of drug-likeness (QED) is 0.504. The lowest BCUT2D eigenvalue weighted by atomic mass is 10.5. The Morgan fingerprint density at radius 3 is 3.00 bits per heavy atom. The Bertz CT molecular complexity index is 682. The fraction of sp³-hybridized carbons (Fsp3) is 0.222. The van der Waals surface area contributed by atoms with E-state index in [9.17, 15) is 9.59 Å². The van der Waals surface area contributed by atoms with Crippen molar-refractivity contribution in [2.45, 2.75) is 6.54 Å². The van der Waals surface area contributed by atoms with Gasteiger partial charge in [-0.3, -0.25) is 14.3 Å². The second kappa shape index (κ2) is 4.04. The summed E-state index contributed by atoms with van der Waals surface area (Å²) in [5, 5.41) is 8.48. The molecule has 0 unspecified atom stereocenters. The zero-order valence-corrected chi connectivity index (χ0v) is 8.15. The van der Waals surface area contributed by atoms with Crippen LogP contribution >= 0.6 is 0 Å². The average molecular weight is 220 g/mol. The molecule has 2 aromatic rings. The van der Waals surface area contributed by atoms with Crippen molar-refractivity contribution in [1.82, 2.24) is 19.5 Å². The molecule has 0 atom stereocenters. The Labute approximate surface area is 88.8 Å². The minimum Gasteiger partial charge on any atom is -0.384 e. The number of aliphatic hydroxyl groups excluding tert-OH is 1. The zero-order chi connectivity index (χ0) is 11.5. The van der Waals surface area contributed by atoms with E-state index < -0.39 is 11.2 Å². The molecule has 16 heavy (non-hydrogen) atoms. The highest BCUT2D eigenvalue weighted by molar-refractivity contribution is 5.68. The monoisotopic (exact) mass is 220 g/mol. The van der Waals surface area contributed by atoms with Crippen LogP contribution in [-0.4, -0.2) is 31.2 Å². The van der Waals surface area contributed by atoms with Crippen molar-refractivity contribution in [2.75, 3.05) is 6.61 Å². The van der Waals surface area contributed by atoms with Gasteiger partial charge in [-0.1, -0.05) is 11.8 Å². The van der Waals surface area contributed by atoms with E-state index in [-0.39, 0.29) is 24.3 Å². The highest BCUT2D eigenvalue weighted by atomic mass is 16.2. The second-order valence-corrected chi connectivity index (χ2v) is 2.96. The summed E-state index contributed by atoms with van der Waals surface area (Å²) in [7, 11) is 0. The van der Waals surface area contributed by atoms with E-state index >= 15 is 0 Å². The van der Waals surface area contributed by atoms with Gasteiger partial charge in [-0.2, -0.15) is 0 Å². The Morgan fingerprint density at radius 1 is 1.44 bits per heavy atom. The van der Waals surface area contributed by atoms with Crippen molar-refractivity contribution >= 4 is 11.2 Å². The summed E-state index contributed by atoms with van der Waals surface area (Å²) < 4.78 is 1.17. The smallest absolute Gasteiger partial charge is 0.328 e. The third-order valence-corrected chi connectivity index (χ3v) is 2.01. The minimum absolute atomic E-state index is 0.0359. The number of rotatable bonds is 1. The van der Waals surface area contributed by atoms with Crippen molar-refractivity contribution in [3.8, 4) is 11.8 Å². The standard InChI is InChI=1S/C9H8N4O3/c14-4-2-1-3-13-6-7(12-9(13)16)10-5-11-8(6)15/h5,14H,3-4H2,(H2,10,11,12,15,16). The molecule has 82 valence electrons. The van der Waals surface area contributed by atoms with Gasteiger partial charge in [0.15, 0.2) is 11.2 Å². The molecule has 0 bridgehead atoms. The SMILES string of the molecule is O=c1[nH]cnc2[nH]c(=O)n(CC#CCO)c12. The van der Waals surface area contributed by atoms with Gasteiger partial charge in [-0.15, -0.1) is 0 Å². The number of nitrogens with zero attached hydrogens (tertiary/aromatic N) is 2. The molecule has 0 amide bonds. The third-order valence-electron chi connectivity index (χ3n) is 2.01. The molecule has 0 fully saturated rings. The van der Waals surface area contributed by atoms with Gasteiger partial charge in [0.25, 0.3) is 5.56 Å². The molecule has 0 aliphatic rings. The molecule has 0 aliphatic heterocycles. The Morgan fingerprint density at radius 2 is 2.25 bits per heavy atom. The largest absolute Gasteiger partial charge is 0.384 e. The average Bonchev–Trinajstić information content (AvgIpc) is 2.57. The topological polar surface area (TPSA) is 104 Å². The van der Waals surface area contributed by atoms with Crippen molar-refractivity contribution < 1.29 is 5.11 Å². The van der Waals surface area contributed by atoms with Gasteiger partial charge in [-0.05, 0) is 0 Å². The zero-order valence-electron chi connectivity index (χ0n) is 8.15. The van der Waals surface area contributed by atoms with Crippen LogP contribution < -0.4 is 11.2 Å². The van der Waals surface area contributed by atoms with Gasteiger partial charge in [0, 0.05) is 0 Å². The first-order valence-corrected chi connectivity index (χ1v) is 4.47. The molecule has 0 aliphatic carbocycles. The van der Waals surface area contributed by atoms with Crippen LogP contribution in [0, 0.1) is 11.8 Å². The lowest BCUT2D eigenvalue weighted by Crippen LogP contribution is -2.19. The molecule has 3 N–H and O–H groups in total. The predicted octanol–water partition coefficient (Wildman–Crippen LogP) is -1.59. The van der Waals surface area contributed by atoms with E-state index in [0.717, 1.165) is 0 Å². The molecule has 0 spiro atoms. The maximum Gasteiger partial charge on any atom is 0.328 e. The molecule has 2 aromatic heterocycles. The molecule has 7 heteroatoms. The van der Waals surface area contributed by atoms with E-state index in [2.05, 4.69) is 26.8 Å². The van der Waals surface area contributed by atoms with Crippen LogP contribution in [0.1, 0.15) is 0 Å². The fourth-order valence-electron chi connectivity index (χ4n) is 1.35. The number of aromatic amines is 2. The van der Waals surface area contributed by atoms with Crippen LogP contribution in [0.4, 0.5) is 0 Å². The van der Waals surface area contributed by atoms with Gasteiger partial charge in [0.05, 0.1) is 12.9 Å².